The number of likely N-dealkylation sites (tertiary alicyclic amines) is 1. The maximum Gasteiger partial charge on any atom is 0.393 e. The number of hydrogen-bond donors (Lipinski definition) is 0. The van der Waals surface area contributed by atoms with Crippen LogP contribution in [0.1, 0.15) is 20.3 Å². The van der Waals surface area contributed by atoms with Gasteiger partial charge in [0.2, 0.25) is 0 Å². The van der Waals surface area contributed by atoms with Crippen LogP contribution in [0.5, 0.6) is 0 Å². The number of nitrogens with zero attached hydrogens (tertiary/aromatic N) is 1. The van der Waals surface area contributed by atoms with Crippen molar-refractivity contribution in [1.82, 2.24) is 4.90 Å². The number of hydrogen-bond acceptors (Lipinski definition) is 2. The molecule has 2 unspecified atom stereocenters. The number of likely N-dealkylation sites (N-methyl/N-ethyl adjacent to an activating group) is 1. The second kappa shape index (κ2) is 4.70. The number of alkyl halides is 3. The van der Waals surface area contributed by atoms with Crippen LogP contribution in [0.4, 0.5) is 13.2 Å². The Bertz CT molecular complexity index is 205. The molecular weight excluding hydrogens is 207 g/mol. The highest BCUT2D eigenvalue weighted by molar-refractivity contribution is 4.86. The van der Waals surface area contributed by atoms with Gasteiger partial charge >= 0.3 is 6.18 Å². The van der Waals surface area contributed by atoms with Crippen molar-refractivity contribution in [3.63, 3.8) is 0 Å². The summed E-state index contributed by atoms with van der Waals surface area (Å²) < 4.78 is 42.7. The molecule has 0 amide bonds. The minimum absolute atomic E-state index is 0.0725. The van der Waals surface area contributed by atoms with Crippen molar-refractivity contribution in [3.05, 3.63) is 0 Å². The molecule has 1 aliphatic rings. The third-order valence-corrected chi connectivity index (χ3v) is 2.77. The predicted molar refractivity (Wildman–Crippen MR) is 51.7 cm³/mol. The monoisotopic (exact) mass is 225 g/mol. The molecule has 0 aromatic carbocycles. The van der Waals surface area contributed by atoms with Crippen molar-refractivity contribution in [2.75, 3.05) is 20.2 Å². The smallest absolute Gasteiger partial charge is 0.377 e. The van der Waals surface area contributed by atoms with Crippen molar-refractivity contribution in [3.8, 4) is 0 Å². The highest BCUT2D eigenvalue weighted by Crippen LogP contribution is 2.35. The van der Waals surface area contributed by atoms with Crippen molar-refractivity contribution < 1.29 is 17.9 Å². The zero-order valence-electron chi connectivity index (χ0n) is 9.34. The van der Waals surface area contributed by atoms with Gasteiger partial charge in [0.05, 0.1) is 18.6 Å². The summed E-state index contributed by atoms with van der Waals surface area (Å²) in [5, 5.41) is 0. The van der Waals surface area contributed by atoms with E-state index in [1.54, 1.807) is 11.9 Å². The fourth-order valence-electron chi connectivity index (χ4n) is 1.82. The zero-order chi connectivity index (χ0) is 11.6. The van der Waals surface area contributed by atoms with Crippen molar-refractivity contribution in [2.45, 2.75) is 38.6 Å². The first-order chi connectivity index (χ1) is 6.80. The molecule has 0 aromatic heterocycles. The Kier molecular flexibility index (Phi) is 4.00. The summed E-state index contributed by atoms with van der Waals surface area (Å²) in [7, 11) is 1.72. The van der Waals surface area contributed by atoms with Gasteiger partial charge in [-0.05, 0) is 27.3 Å². The Morgan fingerprint density at radius 3 is 2.40 bits per heavy atom. The summed E-state index contributed by atoms with van der Waals surface area (Å²) in [5.74, 6) is -1.19. The lowest BCUT2D eigenvalue weighted by atomic mass is 10.1. The number of rotatable bonds is 3. The van der Waals surface area contributed by atoms with Crippen molar-refractivity contribution in [1.29, 1.82) is 0 Å². The van der Waals surface area contributed by atoms with Gasteiger partial charge in [0.1, 0.15) is 0 Å². The van der Waals surface area contributed by atoms with E-state index in [9.17, 15) is 13.2 Å². The normalized spacial score (nSPS) is 29.0. The maximum atomic E-state index is 12.4. The predicted octanol–water partition coefficient (Wildman–Crippen LogP) is 2.29. The first kappa shape index (κ1) is 12.8. The average molecular weight is 225 g/mol. The Labute approximate surface area is 88.4 Å². The molecule has 0 saturated carbocycles. The first-order valence-corrected chi connectivity index (χ1v) is 5.19. The van der Waals surface area contributed by atoms with Crippen LogP contribution in [0.25, 0.3) is 0 Å². The Hall–Kier alpha value is -0.290. The van der Waals surface area contributed by atoms with Gasteiger partial charge in [-0.15, -0.1) is 0 Å². The largest absolute Gasteiger partial charge is 0.393 e. The van der Waals surface area contributed by atoms with Crippen LogP contribution in [0.3, 0.4) is 0 Å². The van der Waals surface area contributed by atoms with Gasteiger partial charge in [0.25, 0.3) is 0 Å². The molecule has 0 spiro atoms. The first-order valence-electron chi connectivity index (χ1n) is 5.19. The minimum atomic E-state index is -4.07. The maximum absolute atomic E-state index is 12.4. The summed E-state index contributed by atoms with van der Waals surface area (Å²) in [6.07, 6.45) is -3.84. The van der Waals surface area contributed by atoms with Gasteiger partial charge in [0.15, 0.2) is 0 Å². The summed E-state index contributed by atoms with van der Waals surface area (Å²) in [4.78, 5) is 1.74. The van der Waals surface area contributed by atoms with Crippen LogP contribution in [-0.2, 0) is 4.74 Å². The minimum Gasteiger partial charge on any atom is -0.377 e. The molecule has 0 radical (unpaired) electrons. The van der Waals surface area contributed by atoms with E-state index in [0.717, 1.165) is 0 Å². The summed E-state index contributed by atoms with van der Waals surface area (Å²) in [5.41, 5.74) is 0. The number of ether oxygens (including phenoxy) is 1. The Balaban J connectivity index is 2.43. The SMILES string of the molecule is CC(C)OCC1CC(C(F)(F)F)CN1C. The van der Waals surface area contributed by atoms with E-state index in [1.165, 1.54) is 0 Å². The van der Waals surface area contributed by atoms with E-state index < -0.39 is 12.1 Å². The Morgan fingerprint density at radius 1 is 1.40 bits per heavy atom. The zero-order valence-corrected chi connectivity index (χ0v) is 9.34. The van der Waals surface area contributed by atoms with Gasteiger partial charge in [-0.1, -0.05) is 0 Å². The lowest BCUT2D eigenvalue weighted by Crippen LogP contribution is -2.30. The van der Waals surface area contributed by atoms with E-state index in [2.05, 4.69) is 0 Å². The third-order valence-electron chi connectivity index (χ3n) is 2.77. The summed E-state index contributed by atoms with van der Waals surface area (Å²) in [6, 6.07) is -0.0981. The lowest BCUT2D eigenvalue weighted by molar-refractivity contribution is -0.170. The molecule has 1 heterocycles. The molecule has 90 valence electrons. The molecular formula is C10H18F3NO. The van der Waals surface area contributed by atoms with Crippen molar-refractivity contribution in [2.24, 2.45) is 5.92 Å². The second-order valence-corrected chi connectivity index (χ2v) is 4.45. The van der Waals surface area contributed by atoms with E-state index in [0.29, 0.717) is 6.61 Å². The van der Waals surface area contributed by atoms with E-state index in [4.69, 9.17) is 4.74 Å². The van der Waals surface area contributed by atoms with Crippen LogP contribution in [0.2, 0.25) is 0 Å². The topological polar surface area (TPSA) is 12.5 Å². The third kappa shape index (κ3) is 3.65. The molecule has 0 aromatic rings. The summed E-state index contributed by atoms with van der Waals surface area (Å²) in [6.45, 7) is 4.25. The number of halogens is 3. The quantitative estimate of drug-likeness (QED) is 0.730. The average Bonchev–Trinajstić information content (AvgIpc) is 2.42. The standard InChI is InChI=1S/C10H18F3NO/c1-7(2)15-6-9-4-8(5-14(9)3)10(11,12)13/h7-9H,4-6H2,1-3H3. The molecule has 2 nitrogen and oxygen atoms in total. The van der Waals surface area contributed by atoms with Gasteiger partial charge in [-0.2, -0.15) is 13.2 Å². The van der Waals surface area contributed by atoms with Gasteiger partial charge in [-0.3, -0.25) is 0 Å². The second-order valence-electron chi connectivity index (χ2n) is 4.45. The molecule has 0 aliphatic carbocycles. The molecule has 0 N–H and O–H groups in total. The lowest BCUT2D eigenvalue weighted by Gasteiger charge is -2.20. The van der Waals surface area contributed by atoms with Gasteiger partial charge in [-0.25, -0.2) is 0 Å². The van der Waals surface area contributed by atoms with E-state index in [1.807, 2.05) is 13.8 Å². The highest BCUT2D eigenvalue weighted by Gasteiger charge is 2.46. The highest BCUT2D eigenvalue weighted by atomic mass is 19.4. The Morgan fingerprint density at radius 2 is 2.00 bits per heavy atom. The molecule has 1 fully saturated rings. The molecule has 5 heteroatoms. The molecule has 2 atom stereocenters. The van der Waals surface area contributed by atoms with Crippen LogP contribution < -0.4 is 0 Å². The molecule has 1 saturated heterocycles. The van der Waals surface area contributed by atoms with Crippen LogP contribution in [0.15, 0.2) is 0 Å². The molecule has 1 aliphatic heterocycles. The van der Waals surface area contributed by atoms with Gasteiger partial charge < -0.3 is 9.64 Å². The van der Waals surface area contributed by atoms with E-state index >= 15 is 0 Å². The van der Waals surface area contributed by atoms with Crippen LogP contribution >= 0.6 is 0 Å². The summed E-state index contributed by atoms with van der Waals surface area (Å²) >= 11 is 0. The molecule has 0 bridgehead atoms. The molecule has 15 heavy (non-hydrogen) atoms. The van der Waals surface area contributed by atoms with Crippen LogP contribution in [-0.4, -0.2) is 43.4 Å². The molecule has 1 rings (SSSR count). The van der Waals surface area contributed by atoms with Crippen molar-refractivity contribution >= 4 is 0 Å². The van der Waals surface area contributed by atoms with Crippen LogP contribution in [0, 0.1) is 5.92 Å². The fourth-order valence-corrected chi connectivity index (χ4v) is 1.82. The van der Waals surface area contributed by atoms with E-state index in [-0.39, 0.29) is 25.1 Å². The fraction of sp³-hybridized carbons (Fsp3) is 1.00. The van der Waals surface area contributed by atoms with Gasteiger partial charge in [0, 0.05) is 12.6 Å².